The topological polar surface area (TPSA) is 70.6 Å². The van der Waals surface area contributed by atoms with Crippen LogP contribution in [-0.4, -0.2) is 22.7 Å². The van der Waals surface area contributed by atoms with Gasteiger partial charge in [-0.25, -0.2) is 4.98 Å². The number of fused-ring (bicyclic) bond motifs is 1. The molecule has 0 unspecified atom stereocenters. The number of amides is 3. The second-order valence-corrected chi connectivity index (χ2v) is 8.52. The number of aromatic nitrogens is 1. The molecule has 0 N–H and O–H groups in total. The Bertz CT molecular complexity index is 1280. The molecular weight excluding hydrogens is 422 g/mol. The summed E-state index contributed by atoms with van der Waals surface area (Å²) in [6, 6.07) is 24.2. The average molecular weight is 442 g/mol. The van der Waals surface area contributed by atoms with E-state index in [1.54, 1.807) is 29.2 Å². The summed E-state index contributed by atoms with van der Waals surface area (Å²) in [5, 5.41) is 0.596. The van der Waals surface area contributed by atoms with Gasteiger partial charge in [0.2, 0.25) is 11.8 Å². The Morgan fingerprint density at radius 1 is 0.906 bits per heavy atom. The third-order valence-corrected chi connectivity index (χ3v) is 6.40. The Kier molecular flexibility index (Phi) is 5.25. The van der Waals surface area contributed by atoms with Crippen LogP contribution in [0.15, 0.2) is 78.9 Å². The zero-order valence-electron chi connectivity index (χ0n) is 17.1. The summed E-state index contributed by atoms with van der Waals surface area (Å²) in [4.78, 5) is 45.5. The summed E-state index contributed by atoms with van der Waals surface area (Å²) < 4.78 is 0.996. The number of nitrogens with zero attached hydrogens (tertiary/aromatic N) is 3. The highest BCUT2D eigenvalue weighted by atomic mass is 32.1. The maximum absolute atomic E-state index is 13.7. The number of para-hydroxylation sites is 1. The first-order valence-electron chi connectivity index (χ1n) is 10.3. The number of hydrogen-bond donors (Lipinski definition) is 0. The number of imide groups is 1. The lowest BCUT2D eigenvalue weighted by Crippen LogP contribution is -2.31. The third-order valence-electron chi connectivity index (χ3n) is 5.35. The molecule has 7 heteroatoms. The molecule has 0 bridgehead atoms. The largest absolute Gasteiger partial charge is 0.279 e. The number of carbonyl (C=O) groups is 3. The van der Waals surface area contributed by atoms with E-state index in [1.165, 1.54) is 11.3 Å². The van der Waals surface area contributed by atoms with Gasteiger partial charge >= 0.3 is 0 Å². The van der Waals surface area contributed by atoms with E-state index in [2.05, 4.69) is 4.98 Å². The van der Waals surface area contributed by atoms with Crippen LogP contribution in [0.3, 0.4) is 0 Å². The van der Waals surface area contributed by atoms with E-state index in [-0.39, 0.29) is 30.6 Å². The molecule has 6 nitrogen and oxygen atoms in total. The number of carbonyl (C=O) groups excluding carboxylic acids is 3. The van der Waals surface area contributed by atoms with Gasteiger partial charge in [-0.05, 0) is 35.9 Å². The number of hydrogen-bond acceptors (Lipinski definition) is 5. The van der Waals surface area contributed by atoms with Gasteiger partial charge in [0.1, 0.15) is 0 Å². The summed E-state index contributed by atoms with van der Waals surface area (Å²) in [5.74, 6) is -0.729. The van der Waals surface area contributed by atoms with Crippen molar-refractivity contribution in [3.8, 4) is 0 Å². The van der Waals surface area contributed by atoms with Crippen LogP contribution in [0.2, 0.25) is 0 Å². The first-order valence-corrected chi connectivity index (χ1v) is 11.1. The molecule has 0 saturated carbocycles. The SMILES string of the molecule is O=C(c1cccc(N2C(=O)CCC2=O)c1)N(Cc1ccccc1)c1nc2ccccc2s1. The van der Waals surface area contributed by atoms with Crippen LogP contribution in [0.25, 0.3) is 10.2 Å². The standard InChI is InChI=1S/C25H19N3O3S/c29-22-13-14-23(30)28(22)19-10-6-9-18(15-19)24(31)27(16-17-7-2-1-3-8-17)25-26-20-11-4-5-12-21(20)32-25/h1-12,15H,13-14,16H2. The van der Waals surface area contributed by atoms with E-state index in [1.807, 2.05) is 54.6 Å². The fourth-order valence-electron chi connectivity index (χ4n) is 3.77. The molecule has 5 rings (SSSR count). The average Bonchev–Trinajstić information content (AvgIpc) is 3.40. The van der Waals surface area contributed by atoms with E-state index in [0.29, 0.717) is 22.9 Å². The highest BCUT2D eigenvalue weighted by Gasteiger charge is 2.31. The summed E-state index contributed by atoms with van der Waals surface area (Å²) in [5.41, 5.74) is 2.62. The monoisotopic (exact) mass is 441 g/mol. The van der Waals surface area contributed by atoms with Crippen LogP contribution in [0.1, 0.15) is 28.8 Å². The Hall–Kier alpha value is -3.84. The van der Waals surface area contributed by atoms with Gasteiger partial charge in [-0.3, -0.25) is 24.2 Å². The Balaban J connectivity index is 1.54. The molecule has 3 amide bonds. The number of anilines is 2. The summed E-state index contributed by atoms with van der Waals surface area (Å²) in [6.45, 7) is 0.352. The first-order chi connectivity index (χ1) is 15.6. The molecular formula is C25H19N3O3S. The molecule has 1 aliphatic heterocycles. The van der Waals surface area contributed by atoms with E-state index in [4.69, 9.17) is 0 Å². The summed E-state index contributed by atoms with van der Waals surface area (Å²) >= 11 is 1.45. The minimum atomic E-state index is -0.244. The van der Waals surface area contributed by atoms with Crippen molar-refractivity contribution in [3.05, 3.63) is 90.0 Å². The van der Waals surface area contributed by atoms with E-state index >= 15 is 0 Å². The fraction of sp³-hybridized carbons (Fsp3) is 0.120. The predicted molar refractivity (Wildman–Crippen MR) is 125 cm³/mol. The van der Waals surface area contributed by atoms with E-state index in [0.717, 1.165) is 20.7 Å². The lowest BCUT2D eigenvalue weighted by molar-refractivity contribution is -0.121. The van der Waals surface area contributed by atoms with Gasteiger partial charge in [0.05, 0.1) is 22.4 Å². The van der Waals surface area contributed by atoms with Crippen LogP contribution < -0.4 is 9.80 Å². The van der Waals surface area contributed by atoms with Crippen LogP contribution in [0.4, 0.5) is 10.8 Å². The molecule has 4 aromatic rings. The molecule has 1 fully saturated rings. The smallest absolute Gasteiger partial charge is 0.260 e. The number of thiazole rings is 1. The van der Waals surface area contributed by atoms with Crippen LogP contribution >= 0.6 is 11.3 Å². The fourth-order valence-corrected chi connectivity index (χ4v) is 4.73. The number of benzene rings is 3. The van der Waals surface area contributed by atoms with Gasteiger partial charge in [0.25, 0.3) is 5.91 Å². The molecule has 0 atom stereocenters. The normalized spacial score (nSPS) is 13.7. The van der Waals surface area contributed by atoms with Crippen molar-refractivity contribution in [2.24, 2.45) is 0 Å². The highest BCUT2D eigenvalue weighted by Crippen LogP contribution is 2.31. The van der Waals surface area contributed by atoms with Crippen molar-refractivity contribution in [3.63, 3.8) is 0 Å². The van der Waals surface area contributed by atoms with Crippen LogP contribution in [0.5, 0.6) is 0 Å². The lowest BCUT2D eigenvalue weighted by atomic mass is 10.1. The Morgan fingerprint density at radius 3 is 2.38 bits per heavy atom. The molecule has 158 valence electrons. The minimum Gasteiger partial charge on any atom is -0.279 e. The van der Waals surface area contributed by atoms with Crippen LogP contribution in [0, 0.1) is 0 Å². The van der Waals surface area contributed by atoms with Crippen molar-refractivity contribution in [2.45, 2.75) is 19.4 Å². The Morgan fingerprint density at radius 2 is 1.62 bits per heavy atom. The highest BCUT2D eigenvalue weighted by molar-refractivity contribution is 7.22. The summed E-state index contributed by atoms with van der Waals surface area (Å²) in [7, 11) is 0. The second-order valence-electron chi connectivity index (χ2n) is 7.51. The maximum atomic E-state index is 13.7. The van der Waals surface area contributed by atoms with Gasteiger partial charge in [0, 0.05) is 18.4 Å². The summed E-state index contributed by atoms with van der Waals surface area (Å²) in [6.07, 6.45) is 0.395. The van der Waals surface area contributed by atoms with Crippen molar-refractivity contribution in [1.29, 1.82) is 0 Å². The molecule has 0 aliphatic carbocycles. The molecule has 3 aromatic carbocycles. The van der Waals surface area contributed by atoms with Gasteiger partial charge in [-0.2, -0.15) is 0 Å². The van der Waals surface area contributed by atoms with Gasteiger partial charge < -0.3 is 0 Å². The molecule has 0 spiro atoms. The van der Waals surface area contributed by atoms with Crippen molar-refractivity contribution >= 4 is 50.1 Å². The lowest BCUT2D eigenvalue weighted by Gasteiger charge is -2.21. The molecule has 0 radical (unpaired) electrons. The zero-order chi connectivity index (χ0) is 22.1. The maximum Gasteiger partial charge on any atom is 0.260 e. The first kappa shape index (κ1) is 20.1. The van der Waals surface area contributed by atoms with Gasteiger partial charge in [-0.1, -0.05) is 59.9 Å². The molecule has 1 aromatic heterocycles. The minimum absolute atomic E-state index is 0.197. The zero-order valence-corrected chi connectivity index (χ0v) is 17.9. The third kappa shape index (κ3) is 3.78. The molecule has 32 heavy (non-hydrogen) atoms. The van der Waals surface area contributed by atoms with E-state index in [9.17, 15) is 14.4 Å². The van der Waals surface area contributed by atoms with Gasteiger partial charge in [0.15, 0.2) is 5.13 Å². The molecule has 2 heterocycles. The van der Waals surface area contributed by atoms with Gasteiger partial charge in [-0.15, -0.1) is 0 Å². The van der Waals surface area contributed by atoms with Crippen molar-refractivity contribution in [1.82, 2.24) is 4.98 Å². The van der Waals surface area contributed by atoms with E-state index < -0.39 is 0 Å². The molecule has 1 saturated heterocycles. The van der Waals surface area contributed by atoms with Crippen molar-refractivity contribution in [2.75, 3.05) is 9.80 Å². The second kappa shape index (κ2) is 8.36. The Labute approximate surface area is 188 Å². The van der Waals surface area contributed by atoms with Crippen molar-refractivity contribution < 1.29 is 14.4 Å². The van der Waals surface area contributed by atoms with Crippen LogP contribution in [-0.2, 0) is 16.1 Å². The molecule has 1 aliphatic rings. The number of rotatable bonds is 5. The predicted octanol–water partition coefficient (Wildman–Crippen LogP) is 4.80. The quantitative estimate of drug-likeness (QED) is 0.417.